The van der Waals surface area contributed by atoms with Gasteiger partial charge in [0.25, 0.3) is 5.91 Å². The monoisotopic (exact) mass is 383 g/mol. The first-order valence-corrected chi connectivity index (χ1v) is 10.2. The van der Waals surface area contributed by atoms with Gasteiger partial charge in [0.05, 0.1) is 11.8 Å². The smallest absolute Gasteiger partial charge is 0.257 e. The summed E-state index contributed by atoms with van der Waals surface area (Å²) >= 11 is 0. The molecule has 1 amide bonds. The predicted octanol–water partition coefficient (Wildman–Crippen LogP) is 2.10. The van der Waals surface area contributed by atoms with Crippen LogP contribution in [-0.4, -0.2) is 68.9 Å². The second-order valence-electron chi connectivity index (χ2n) is 7.80. The van der Waals surface area contributed by atoms with Crippen LogP contribution in [0.5, 0.6) is 0 Å². The number of hydrogen-bond acceptors (Lipinski definition) is 5. The largest absolute Gasteiger partial charge is 0.381 e. The van der Waals surface area contributed by atoms with Crippen LogP contribution in [0.1, 0.15) is 41.6 Å². The average molecular weight is 383 g/mol. The van der Waals surface area contributed by atoms with E-state index < -0.39 is 0 Å². The number of ether oxygens (including phenoxy) is 1. The van der Waals surface area contributed by atoms with E-state index in [0.29, 0.717) is 17.6 Å². The summed E-state index contributed by atoms with van der Waals surface area (Å²) < 4.78 is 7.27. The van der Waals surface area contributed by atoms with E-state index in [1.54, 1.807) is 17.1 Å². The first kappa shape index (κ1) is 19.1. The normalized spacial score (nSPS) is 19.3. The second kappa shape index (κ2) is 8.84. The number of piperidine rings is 1. The van der Waals surface area contributed by atoms with Gasteiger partial charge in [-0.2, -0.15) is 5.10 Å². The lowest BCUT2D eigenvalue weighted by atomic mass is 9.97. The summed E-state index contributed by atoms with van der Waals surface area (Å²) in [5.74, 6) is 0.0939. The number of likely N-dealkylation sites (tertiary alicyclic amines) is 1. The van der Waals surface area contributed by atoms with Crippen LogP contribution in [0, 0.1) is 0 Å². The molecule has 2 aromatic rings. The van der Waals surface area contributed by atoms with Crippen molar-refractivity contribution < 1.29 is 9.53 Å². The zero-order valence-corrected chi connectivity index (χ0v) is 16.5. The summed E-state index contributed by atoms with van der Waals surface area (Å²) in [6.07, 6.45) is 11.4. The molecule has 150 valence electrons. The molecule has 0 N–H and O–H groups in total. The summed E-state index contributed by atoms with van der Waals surface area (Å²) in [5.41, 5.74) is 1.93. The molecular formula is C21H29N5O2. The number of pyridine rings is 1. The summed E-state index contributed by atoms with van der Waals surface area (Å²) in [6.45, 7) is 4.19. The van der Waals surface area contributed by atoms with Crippen molar-refractivity contribution in [1.82, 2.24) is 24.6 Å². The van der Waals surface area contributed by atoms with Crippen LogP contribution in [0.4, 0.5) is 0 Å². The van der Waals surface area contributed by atoms with Gasteiger partial charge in [0.15, 0.2) is 0 Å². The van der Waals surface area contributed by atoms with Crippen molar-refractivity contribution in [3.63, 3.8) is 0 Å². The Morgan fingerprint density at radius 1 is 1.18 bits per heavy atom. The van der Waals surface area contributed by atoms with Gasteiger partial charge in [0, 0.05) is 70.6 Å². The molecule has 2 aliphatic heterocycles. The van der Waals surface area contributed by atoms with Crippen LogP contribution in [-0.2, 0) is 18.3 Å². The molecule has 7 nitrogen and oxygen atoms in total. The first-order valence-electron chi connectivity index (χ1n) is 10.2. The SMILES string of the molecule is Cn1cc(C(=O)N2CCC(N(Cc3cccnc3)C3CCOCC3)CC2)cn1. The summed E-state index contributed by atoms with van der Waals surface area (Å²) in [4.78, 5) is 21.6. The molecule has 0 saturated carbocycles. The fraction of sp³-hybridized carbons (Fsp3) is 0.571. The van der Waals surface area contributed by atoms with E-state index >= 15 is 0 Å². The van der Waals surface area contributed by atoms with Crippen molar-refractivity contribution in [2.24, 2.45) is 7.05 Å². The molecule has 28 heavy (non-hydrogen) atoms. The van der Waals surface area contributed by atoms with Crippen LogP contribution in [0.25, 0.3) is 0 Å². The molecule has 0 atom stereocenters. The van der Waals surface area contributed by atoms with Gasteiger partial charge in [0.2, 0.25) is 0 Å². The summed E-state index contributed by atoms with van der Waals surface area (Å²) in [6, 6.07) is 5.19. The Kier molecular flexibility index (Phi) is 6.02. The van der Waals surface area contributed by atoms with E-state index in [9.17, 15) is 4.79 Å². The van der Waals surface area contributed by atoms with Crippen LogP contribution in [0.15, 0.2) is 36.9 Å². The zero-order chi connectivity index (χ0) is 19.3. The molecule has 0 aromatic carbocycles. The predicted molar refractivity (Wildman–Crippen MR) is 106 cm³/mol. The highest BCUT2D eigenvalue weighted by Crippen LogP contribution is 2.26. The Bertz CT molecular complexity index is 764. The Balaban J connectivity index is 1.42. The molecule has 2 saturated heterocycles. The Morgan fingerprint density at radius 3 is 2.57 bits per heavy atom. The highest BCUT2D eigenvalue weighted by Gasteiger charge is 2.32. The number of rotatable bonds is 5. The first-order chi connectivity index (χ1) is 13.7. The number of carbonyl (C=O) groups excluding carboxylic acids is 1. The van der Waals surface area contributed by atoms with E-state index in [1.807, 2.05) is 30.4 Å². The fourth-order valence-corrected chi connectivity index (χ4v) is 4.39. The Hall–Kier alpha value is -2.25. The third-order valence-corrected chi connectivity index (χ3v) is 5.92. The van der Waals surface area contributed by atoms with Gasteiger partial charge in [-0.25, -0.2) is 0 Å². The van der Waals surface area contributed by atoms with E-state index in [1.165, 1.54) is 5.56 Å². The van der Waals surface area contributed by atoms with Crippen LogP contribution < -0.4 is 0 Å². The number of nitrogens with zero attached hydrogens (tertiary/aromatic N) is 5. The molecule has 2 fully saturated rings. The molecule has 0 bridgehead atoms. The second-order valence-corrected chi connectivity index (χ2v) is 7.80. The Morgan fingerprint density at radius 2 is 1.93 bits per heavy atom. The van der Waals surface area contributed by atoms with Gasteiger partial charge in [-0.3, -0.25) is 19.4 Å². The molecule has 4 heterocycles. The highest BCUT2D eigenvalue weighted by atomic mass is 16.5. The van der Waals surface area contributed by atoms with Crippen molar-refractivity contribution in [2.45, 2.75) is 44.3 Å². The number of amides is 1. The number of aromatic nitrogens is 3. The standard InChI is InChI=1S/C21H29N5O2/c1-24-16-18(14-23-24)21(27)25-9-4-19(5-10-25)26(20-6-11-28-12-7-20)15-17-3-2-8-22-13-17/h2-3,8,13-14,16,19-20H,4-7,9-12,15H2,1H3. The topological polar surface area (TPSA) is 63.5 Å². The molecule has 0 spiro atoms. The van der Waals surface area contributed by atoms with E-state index in [2.05, 4.69) is 21.0 Å². The third kappa shape index (κ3) is 4.42. The summed E-state index contributed by atoms with van der Waals surface area (Å²) in [5, 5.41) is 4.13. The third-order valence-electron chi connectivity index (χ3n) is 5.92. The lowest BCUT2D eigenvalue weighted by molar-refractivity contribution is -0.00152. The van der Waals surface area contributed by atoms with Crippen LogP contribution in [0.3, 0.4) is 0 Å². The molecule has 7 heteroatoms. The minimum atomic E-state index is 0.0939. The molecule has 2 aromatic heterocycles. The number of hydrogen-bond donors (Lipinski definition) is 0. The van der Waals surface area contributed by atoms with E-state index in [4.69, 9.17) is 4.74 Å². The van der Waals surface area contributed by atoms with Crippen LogP contribution >= 0.6 is 0 Å². The average Bonchev–Trinajstić information content (AvgIpc) is 3.19. The van der Waals surface area contributed by atoms with Crippen molar-refractivity contribution >= 4 is 5.91 Å². The molecule has 0 radical (unpaired) electrons. The van der Waals surface area contributed by atoms with Crippen molar-refractivity contribution in [2.75, 3.05) is 26.3 Å². The lowest BCUT2D eigenvalue weighted by Crippen LogP contribution is -2.51. The molecule has 2 aliphatic rings. The maximum atomic E-state index is 12.7. The fourth-order valence-electron chi connectivity index (χ4n) is 4.39. The number of aryl methyl sites for hydroxylation is 1. The van der Waals surface area contributed by atoms with Gasteiger partial charge in [-0.05, 0) is 37.3 Å². The highest BCUT2D eigenvalue weighted by molar-refractivity contribution is 5.93. The van der Waals surface area contributed by atoms with Crippen molar-refractivity contribution in [3.8, 4) is 0 Å². The molecule has 0 aliphatic carbocycles. The van der Waals surface area contributed by atoms with Gasteiger partial charge in [-0.1, -0.05) is 6.07 Å². The minimum Gasteiger partial charge on any atom is -0.381 e. The molecular weight excluding hydrogens is 354 g/mol. The molecule has 0 unspecified atom stereocenters. The minimum absolute atomic E-state index is 0.0939. The van der Waals surface area contributed by atoms with Crippen molar-refractivity contribution in [1.29, 1.82) is 0 Å². The van der Waals surface area contributed by atoms with Crippen molar-refractivity contribution in [3.05, 3.63) is 48.0 Å². The van der Waals surface area contributed by atoms with E-state index in [-0.39, 0.29) is 5.91 Å². The van der Waals surface area contributed by atoms with Gasteiger partial charge in [0.1, 0.15) is 0 Å². The Labute approximate surface area is 166 Å². The van der Waals surface area contributed by atoms with Crippen LogP contribution in [0.2, 0.25) is 0 Å². The molecule has 4 rings (SSSR count). The summed E-state index contributed by atoms with van der Waals surface area (Å²) in [7, 11) is 1.84. The van der Waals surface area contributed by atoms with E-state index in [0.717, 1.165) is 58.5 Å². The number of carbonyl (C=O) groups is 1. The quantitative estimate of drug-likeness (QED) is 0.791. The lowest BCUT2D eigenvalue weighted by Gasteiger charge is -2.43. The van der Waals surface area contributed by atoms with Gasteiger partial charge in [-0.15, -0.1) is 0 Å². The van der Waals surface area contributed by atoms with Gasteiger partial charge < -0.3 is 9.64 Å². The zero-order valence-electron chi connectivity index (χ0n) is 16.5. The maximum absolute atomic E-state index is 12.7. The van der Waals surface area contributed by atoms with Gasteiger partial charge >= 0.3 is 0 Å². The maximum Gasteiger partial charge on any atom is 0.257 e.